The van der Waals surface area contributed by atoms with Crippen molar-refractivity contribution >= 4 is 62.5 Å². The van der Waals surface area contributed by atoms with Crippen LogP contribution in [0.2, 0.25) is 5.02 Å². The number of Topliss-reactive ketones (excluding diaryl/α,β-unsaturated/α-hetero) is 1. The molecular weight excluding hydrogens is 558 g/mol. The standard InChI is InChI=1S/C28H18ClN3O5S2/c29-17-11-9-15(10-12-17)14-38-28-31-30-27(39-28)32-23(18-6-2-3-7-19(18)33)22(25(35)26(32)36)24(34)21-13-16-5-1-4-8-20(16)37-21/h1-13,23,33,35H,14H2. The molecule has 1 unspecified atom stereocenters. The Bertz CT molecular complexity index is 1730. The first-order valence-corrected chi connectivity index (χ1v) is 13.9. The highest BCUT2D eigenvalue weighted by molar-refractivity contribution is 8.00. The summed E-state index contributed by atoms with van der Waals surface area (Å²) in [5, 5.41) is 31.6. The van der Waals surface area contributed by atoms with Gasteiger partial charge >= 0.3 is 0 Å². The first kappa shape index (κ1) is 25.2. The number of carbonyl (C=O) groups excluding carboxylic acids is 2. The summed E-state index contributed by atoms with van der Waals surface area (Å²) in [4.78, 5) is 28.3. The molecule has 2 aromatic heterocycles. The molecule has 5 aromatic rings. The van der Waals surface area contributed by atoms with Crippen LogP contribution in [0.1, 0.15) is 27.7 Å². The van der Waals surface area contributed by atoms with Crippen molar-refractivity contribution in [1.82, 2.24) is 10.2 Å². The number of hydrogen-bond donors (Lipinski definition) is 2. The zero-order valence-electron chi connectivity index (χ0n) is 19.9. The molecule has 6 rings (SSSR count). The SMILES string of the molecule is O=C(C1=C(O)C(=O)N(c2nnc(SCc3ccc(Cl)cc3)s2)C1c1ccccc1O)c1cc2ccccc2o1. The third-order valence-corrected chi connectivity index (χ3v) is 8.59. The summed E-state index contributed by atoms with van der Waals surface area (Å²) in [7, 11) is 0. The number of anilines is 1. The van der Waals surface area contributed by atoms with Crippen molar-refractivity contribution in [1.29, 1.82) is 0 Å². The molecule has 0 fully saturated rings. The molecule has 3 aromatic carbocycles. The van der Waals surface area contributed by atoms with Gasteiger partial charge in [-0.25, -0.2) is 0 Å². The topological polar surface area (TPSA) is 117 Å². The Kier molecular flexibility index (Phi) is 6.59. The lowest BCUT2D eigenvalue weighted by molar-refractivity contribution is -0.117. The molecule has 0 bridgehead atoms. The number of phenols is 1. The summed E-state index contributed by atoms with van der Waals surface area (Å²) in [5.74, 6) is -1.82. The number of phenolic OH excluding ortho intramolecular Hbond substituents is 1. The second-order valence-electron chi connectivity index (χ2n) is 8.64. The van der Waals surface area contributed by atoms with Crippen LogP contribution in [-0.4, -0.2) is 32.1 Å². The zero-order valence-corrected chi connectivity index (χ0v) is 22.3. The molecule has 11 heteroatoms. The number of aromatic nitrogens is 2. The van der Waals surface area contributed by atoms with Crippen LogP contribution >= 0.6 is 34.7 Å². The van der Waals surface area contributed by atoms with Gasteiger partial charge in [0.05, 0.1) is 5.57 Å². The maximum atomic E-state index is 13.7. The van der Waals surface area contributed by atoms with Crippen molar-refractivity contribution in [2.24, 2.45) is 0 Å². The van der Waals surface area contributed by atoms with Gasteiger partial charge in [0.15, 0.2) is 15.9 Å². The van der Waals surface area contributed by atoms with Crippen molar-refractivity contribution in [3.05, 3.63) is 112 Å². The molecule has 1 atom stereocenters. The number of fused-ring (bicyclic) bond motifs is 1. The highest BCUT2D eigenvalue weighted by atomic mass is 35.5. The summed E-state index contributed by atoms with van der Waals surface area (Å²) in [6.45, 7) is 0. The second kappa shape index (κ2) is 10.2. The van der Waals surface area contributed by atoms with E-state index in [1.54, 1.807) is 54.6 Å². The number of amides is 1. The van der Waals surface area contributed by atoms with E-state index in [-0.39, 0.29) is 27.8 Å². The Balaban J connectivity index is 1.36. The minimum atomic E-state index is -1.15. The fourth-order valence-corrected chi connectivity index (χ4v) is 6.31. The summed E-state index contributed by atoms with van der Waals surface area (Å²) in [6, 6.07) is 21.3. The molecule has 0 saturated heterocycles. The zero-order chi connectivity index (χ0) is 27.1. The van der Waals surface area contributed by atoms with Gasteiger partial charge in [-0.05, 0) is 35.9 Å². The molecule has 3 heterocycles. The Morgan fingerprint density at radius 3 is 2.54 bits per heavy atom. The smallest absolute Gasteiger partial charge is 0.296 e. The molecule has 39 heavy (non-hydrogen) atoms. The molecule has 1 aliphatic rings. The van der Waals surface area contributed by atoms with Gasteiger partial charge in [-0.3, -0.25) is 14.5 Å². The van der Waals surface area contributed by atoms with E-state index in [0.717, 1.165) is 16.9 Å². The molecule has 0 saturated carbocycles. The van der Waals surface area contributed by atoms with E-state index in [1.807, 2.05) is 18.2 Å². The van der Waals surface area contributed by atoms with Crippen molar-refractivity contribution in [2.45, 2.75) is 16.1 Å². The van der Waals surface area contributed by atoms with E-state index >= 15 is 0 Å². The Labute approximate surface area is 235 Å². The van der Waals surface area contributed by atoms with Crippen LogP contribution in [0.25, 0.3) is 11.0 Å². The molecule has 194 valence electrons. The largest absolute Gasteiger partial charge is 0.508 e. The number of hydrogen-bond acceptors (Lipinski definition) is 9. The van der Waals surface area contributed by atoms with E-state index < -0.39 is 23.5 Å². The fraction of sp³-hybridized carbons (Fsp3) is 0.0714. The number of carbonyl (C=O) groups is 2. The third kappa shape index (κ3) is 4.67. The average molecular weight is 576 g/mol. The lowest BCUT2D eigenvalue weighted by atomic mass is 9.94. The molecule has 1 amide bonds. The number of aliphatic hydroxyl groups excluding tert-OH is 1. The molecule has 8 nitrogen and oxygen atoms in total. The Morgan fingerprint density at radius 1 is 1.03 bits per heavy atom. The molecule has 0 aliphatic carbocycles. The van der Waals surface area contributed by atoms with Crippen molar-refractivity contribution < 1.29 is 24.2 Å². The maximum Gasteiger partial charge on any atom is 0.296 e. The van der Waals surface area contributed by atoms with Crippen LogP contribution in [0.4, 0.5) is 5.13 Å². The van der Waals surface area contributed by atoms with Gasteiger partial charge in [-0.1, -0.05) is 83.2 Å². The summed E-state index contributed by atoms with van der Waals surface area (Å²) >= 11 is 8.53. The number of aromatic hydroxyl groups is 1. The number of aliphatic hydroxyl groups is 1. The quantitative estimate of drug-likeness (QED) is 0.125. The van der Waals surface area contributed by atoms with Gasteiger partial charge in [0.25, 0.3) is 5.91 Å². The van der Waals surface area contributed by atoms with Gasteiger partial charge in [0.2, 0.25) is 10.9 Å². The lowest BCUT2D eigenvalue weighted by Gasteiger charge is -2.24. The first-order chi connectivity index (χ1) is 18.9. The van der Waals surface area contributed by atoms with Crippen molar-refractivity contribution in [3.63, 3.8) is 0 Å². The summed E-state index contributed by atoms with van der Waals surface area (Å²) < 4.78 is 6.33. The normalized spacial score (nSPS) is 15.5. The minimum absolute atomic E-state index is 0.0377. The molecule has 2 N–H and O–H groups in total. The number of halogens is 1. The molecule has 0 radical (unpaired) electrons. The van der Waals surface area contributed by atoms with Crippen LogP contribution in [0, 0.1) is 0 Å². The van der Waals surface area contributed by atoms with Crippen LogP contribution < -0.4 is 4.90 Å². The predicted molar refractivity (Wildman–Crippen MR) is 149 cm³/mol. The number of benzene rings is 3. The van der Waals surface area contributed by atoms with Gasteiger partial charge < -0.3 is 14.6 Å². The van der Waals surface area contributed by atoms with E-state index in [1.165, 1.54) is 22.7 Å². The van der Waals surface area contributed by atoms with Gasteiger partial charge in [0.1, 0.15) is 17.4 Å². The average Bonchev–Trinajstić information content (AvgIpc) is 3.65. The number of rotatable bonds is 7. The predicted octanol–water partition coefficient (Wildman–Crippen LogP) is 6.72. The Hall–Kier alpha value is -4.12. The third-order valence-electron chi connectivity index (χ3n) is 6.21. The highest BCUT2D eigenvalue weighted by Gasteiger charge is 2.47. The molecular formula is C28H18ClN3O5S2. The Morgan fingerprint density at radius 2 is 1.77 bits per heavy atom. The first-order valence-electron chi connectivity index (χ1n) is 11.7. The fourth-order valence-electron chi connectivity index (χ4n) is 4.36. The lowest BCUT2D eigenvalue weighted by Crippen LogP contribution is -2.31. The van der Waals surface area contributed by atoms with E-state index in [2.05, 4.69) is 10.2 Å². The maximum absolute atomic E-state index is 13.7. The summed E-state index contributed by atoms with van der Waals surface area (Å²) in [5.41, 5.74) is 1.56. The number of para-hydroxylation sites is 2. The molecule has 1 aliphatic heterocycles. The molecule has 0 spiro atoms. The number of thioether (sulfide) groups is 1. The second-order valence-corrected chi connectivity index (χ2v) is 11.3. The van der Waals surface area contributed by atoms with E-state index in [0.29, 0.717) is 26.1 Å². The van der Waals surface area contributed by atoms with E-state index in [4.69, 9.17) is 16.0 Å². The van der Waals surface area contributed by atoms with Crippen LogP contribution in [0.15, 0.2) is 99.0 Å². The summed E-state index contributed by atoms with van der Waals surface area (Å²) in [6.07, 6.45) is 0. The monoisotopic (exact) mass is 575 g/mol. The minimum Gasteiger partial charge on any atom is -0.508 e. The van der Waals surface area contributed by atoms with Crippen LogP contribution in [0.3, 0.4) is 0 Å². The van der Waals surface area contributed by atoms with Crippen LogP contribution in [-0.2, 0) is 10.5 Å². The van der Waals surface area contributed by atoms with Crippen LogP contribution in [0.5, 0.6) is 5.75 Å². The van der Waals surface area contributed by atoms with E-state index in [9.17, 15) is 19.8 Å². The van der Waals surface area contributed by atoms with Crippen molar-refractivity contribution in [2.75, 3.05) is 4.90 Å². The van der Waals surface area contributed by atoms with Gasteiger partial charge in [0, 0.05) is 21.7 Å². The van der Waals surface area contributed by atoms with Gasteiger partial charge in [-0.15, -0.1) is 10.2 Å². The number of ketones is 1. The van der Waals surface area contributed by atoms with Gasteiger partial charge in [-0.2, -0.15) is 0 Å². The number of nitrogens with zero attached hydrogens (tertiary/aromatic N) is 3. The number of furan rings is 1. The van der Waals surface area contributed by atoms with Crippen molar-refractivity contribution in [3.8, 4) is 5.75 Å². The highest BCUT2D eigenvalue weighted by Crippen LogP contribution is 2.46.